The SMILES string of the molecule is CCCC(=O)N[C@H]1[C@H](O[C@H]2[C@@H](O)[C@@H](CO)O[C@@H](O[C@H]3[C@H](O)[C@@H](O)[C@H](OCC[Si](C)(C)C)O[C@@H]3CO)[C@@H]2O)O[C@H](CO)[C@@H](O[C@@H]2O[C@H](CO)[C@H](O)[C@H](O[C@]3(C(=O)O)C[C@H](O)[C@@H](NC(C)=O)[C@H]([C@H](O)[C@H](O)CO)O3)[C@H]2O)[C@@H]1O. The molecule has 5 aliphatic rings. The number of hydrogen-bond donors (Lipinski definition) is 18. The van der Waals surface area contributed by atoms with E-state index in [1.54, 1.807) is 6.92 Å². The first-order chi connectivity index (χ1) is 35.7. The Morgan fingerprint density at radius 2 is 1.13 bits per heavy atom. The molecule has 0 saturated carbocycles. The first-order valence-electron chi connectivity index (χ1n) is 24.9. The van der Waals surface area contributed by atoms with Gasteiger partial charge in [0.1, 0.15) is 116 Å². The normalized spacial score (nSPS) is 43.2. The number of amides is 2. The summed E-state index contributed by atoms with van der Waals surface area (Å²) in [5.41, 5.74) is 0. The third-order valence-electron chi connectivity index (χ3n) is 13.6. The van der Waals surface area contributed by atoms with E-state index in [1.807, 2.05) is 0 Å². The van der Waals surface area contributed by atoms with Crippen molar-refractivity contribution in [3.8, 4) is 0 Å². The number of carbonyl (C=O) groups excluding carboxylic acids is 2. The van der Waals surface area contributed by atoms with Crippen LogP contribution in [-0.2, 0) is 61.8 Å². The first-order valence-corrected chi connectivity index (χ1v) is 28.6. The van der Waals surface area contributed by atoms with E-state index in [1.165, 1.54) is 0 Å². The summed E-state index contributed by atoms with van der Waals surface area (Å²) in [4.78, 5) is 38.3. The summed E-state index contributed by atoms with van der Waals surface area (Å²) in [5, 5.41) is 179. The minimum absolute atomic E-state index is 0.158. The molecule has 0 aromatic rings. The van der Waals surface area contributed by atoms with Crippen molar-refractivity contribution in [1.29, 1.82) is 0 Å². The molecule has 5 rings (SSSR count). The molecule has 0 bridgehead atoms. The molecule has 0 spiro atoms. The van der Waals surface area contributed by atoms with Gasteiger partial charge in [-0.25, -0.2) is 4.79 Å². The number of aliphatic carboxylic acids is 1. The fraction of sp³-hybridized carbons (Fsp3) is 0.932. The Bertz CT molecular complexity index is 1840. The zero-order chi connectivity index (χ0) is 56.7. The van der Waals surface area contributed by atoms with Crippen molar-refractivity contribution in [3.05, 3.63) is 0 Å². The molecule has 2 amide bonds. The Hall–Kier alpha value is -2.37. The summed E-state index contributed by atoms with van der Waals surface area (Å²) >= 11 is 0. The molecule has 18 N–H and O–H groups in total. The van der Waals surface area contributed by atoms with Crippen LogP contribution in [0.5, 0.6) is 0 Å². The van der Waals surface area contributed by atoms with Crippen molar-refractivity contribution in [3.63, 3.8) is 0 Å². The van der Waals surface area contributed by atoms with Gasteiger partial charge >= 0.3 is 5.97 Å². The molecule has 0 aromatic carbocycles. The van der Waals surface area contributed by atoms with Gasteiger partial charge in [0.25, 0.3) is 5.79 Å². The standard InChI is InChI=1S/C44H78N2O29Si/c1-6-7-23(55)46-25-29(59)34(71-42-33(63)38(28(58)20(13-49)68-42)75-44(43(64)65)10-17(53)24(45-16(2)52)36(74-44)26(56)18(54)11-47)21(14-50)69-39(25)73-37-27(57)19(12-48)67-41(32(37)62)72-35-22(15-51)70-40(31(61)30(35)60)66-8-9-76(3,4)5/h17-22,24-42,47-51,53-54,56-63H,6-15H2,1-5H3,(H,45,52)(H,46,55)(H,64,65)/t17-,18+,19+,20+,21+,22+,24+,25+,26+,27-,28-,29+,30+,31+,32+,33+,34+,35+,36+,37-,38-,39-,40+,41-,42-,44-/m0/s1. The van der Waals surface area contributed by atoms with Gasteiger partial charge in [-0.05, 0) is 12.5 Å². The molecule has 5 heterocycles. The number of carbonyl (C=O) groups is 3. The molecule has 0 aliphatic carbocycles. The Kier molecular flexibility index (Phi) is 23.6. The lowest BCUT2D eigenvalue weighted by Gasteiger charge is -2.51. The fourth-order valence-electron chi connectivity index (χ4n) is 9.39. The van der Waals surface area contributed by atoms with Crippen molar-refractivity contribution in [2.24, 2.45) is 0 Å². The lowest BCUT2D eigenvalue weighted by Crippen LogP contribution is -2.71. The molecule has 442 valence electrons. The number of rotatable bonds is 24. The first kappa shape index (κ1) is 64.4. The Balaban J connectivity index is 1.40. The second-order valence-corrected chi connectivity index (χ2v) is 26.2. The number of nitrogens with one attached hydrogen (secondary N) is 2. The van der Waals surface area contributed by atoms with Gasteiger partial charge in [-0.15, -0.1) is 0 Å². The van der Waals surface area contributed by atoms with Crippen molar-refractivity contribution >= 4 is 25.9 Å². The maximum absolute atomic E-state index is 13.2. The highest BCUT2D eigenvalue weighted by atomic mass is 28.3. The molecule has 0 radical (unpaired) electrons. The van der Waals surface area contributed by atoms with Gasteiger partial charge in [0, 0.05) is 34.4 Å². The molecule has 0 unspecified atom stereocenters. The number of ether oxygens (including phenoxy) is 10. The Morgan fingerprint density at radius 1 is 0.632 bits per heavy atom. The molecule has 76 heavy (non-hydrogen) atoms. The van der Waals surface area contributed by atoms with Crippen LogP contribution in [0.1, 0.15) is 33.1 Å². The maximum Gasteiger partial charge on any atom is 0.364 e. The average molecular weight is 1130 g/mol. The molecule has 5 aliphatic heterocycles. The molecular formula is C44H78N2O29Si. The van der Waals surface area contributed by atoms with E-state index in [-0.39, 0.29) is 19.4 Å². The van der Waals surface area contributed by atoms with Crippen LogP contribution in [-0.4, -0.2) is 306 Å². The molecule has 31 nitrogen and oxygen atoms in total. The van der Waals surface area contributed by atoms with Gasteiger partial charge in [0.15, 0.2) is 25.2 Å². The third kappa shape index (κ3) is 14.9. The molecule has 32 heteroatoms. The summed E-state index contributed by atoms with van der Waals surface area (Å²) in [6.07, 6.45) is -45.6. The Labute approximate surface area is 436 Å². The summed E-state index contributed by atoms with van der Waals surface area (Å²) in [5.74, 6) is -6.77. The number of carboxylic acid groups (broad SMARTS) is 1. The van der Waals surface area contributed by atoms with Gasteiger partial charge in [0.05, 0.1) is 45.2 Å². The predicted molar refractivity (Wildman–Crippen MR) is 248 cm³/mol. The minimum Gasteiger partial charge on any atom is -0.477 e. The van der Waals surface area contributed by atoms with E-state index in [9.17, 15) is 96.1 Å². The zero-order valence-electron chi connectivity index (χ0n) is 42.5. The van der Waals surface area contributed by atoms with Crippen LogP contribution >= 0.6 is 0 Å². The highest BCUT2D eigenvalue weighted by Gasteiger charge is 2.61. The van der Waals surface area contributed by atoms with Crippen LogP contribution in [0.4, 0.5) is 0 Å². The van der Waals surface area contributed by atoms with Crippen LogP contribution in [0.15, 0.2) is 0 Å². The van der Waals surface area contributed by atoms with E-state index in [0.29, 0.717) is 6.04 Å². The van der Waals surface area contributed by atoms with E-state index < -0.39 is 224 Å². The Morgan fingerprint density at radius 3 is 1.63 bits per heavy atom. The zero-order valence-corrected chi connectivity index (χ0v) is 43.5. The molecule has 0 aromatic heterocycles. The van der Waals surface area contributed by atoms with Crippen molar-refractivity contribution in [2.75, 3.05) is 39.6 Å². The second kappa shape index (κ2) is 27.9. The summed E-state index contributed by atoms with van der Waals surface area (Å²) in [7, 11) is -1.61. The van der Waals surface area contributed by atoms with Crippen LogP contribution in [0.2, 0.25) is 25.7 Å². The van der Waals surface area contributed by atoms with Crippen molar-refractivity contribution in [2.45, 2.75) is 218 Å². The quantitative estimate of drug-likeness (QED) is 0.0399. The largest absolute Gasteiger partial charge is 0.477 e. The predicted octanol–water partition coefficient (Wildman–Crippen LogP) is -9.29. The van der Waals surface area contributed by atoms with Gasteiger partial charge in [0.2, 0.25) is 11.8 Å². The van der Waals surface area contributed by atoms with Crippen molar-refractivity contribution in [1.82, 2.24) is 10.6 Å². The summed E-state index contributed by atoms with van der Waals surface area (Å²) < 4.78 is 57.9. The maximum atomic E-state index is 13.2. The summed E-state index contributed by atoms with van der Waals surface area (Å²) in [6, 6.07) is -2.79. The lowest BCUT2D eigenvalue weighted by atomic mass is 9.88. The average Bonchev–Trinajstić information content (AvgIpc) is 3.36. The smallest absolute Gasteiger partial charge is 0.364 e. The summed E-state index contributed by atoms with van der Waals surface area (Å²) in [6.45, 7) is 4.00. The van der Waals surface area contributed by atoms with Crippen LogP contribution < -0.4 is 10.6 Å². The highest BCUT2D eigenvalue weighted by molar-refractivity contribution is 6.76. The van der Waals surface area contributed by atoms with Crippen LogP contribution in [0.25, 0.3) is 0 Å². The monoisotopic (exact) mass is 1130 g/mol. The number of aliphatic hydroxyl groups is 15. The second-order valence-electron chi connectivity index (χ2n) is 20.6. The van der Waals surface area contributed by atoms with E-state index in [0.717, 1.165) is 6.92 Å². The van der Waals surface area contributed by atoms with Gasteiger partial charge in [-0.3, -0.25) is 9.59 Å². The van der Waals surface area contributed by atoms with Gasteiger partial charge in [-0.2, -0.15) is 0 Å². The lowest BCUT2D eigenvalue weighted by molar-refractivity contribution is -0.390. The number of carboxylic acids is 1. The number of hydrogen-bond acceptors (Lipinski definition) is 28. The van der Waals surface area contributed by atoms with E-state index in [2.05, 4.69) is 30.3 Å². The van der Waals surface area contributed by atoms with Crippen molar-refractivity contribution < 1.29 is 143 Å². The molecular weight excluding hydrogens is 1050 g/mol. The van der Waals surface area contributed by atoms with Crippen LogP contribution in [0, 0.1) is 0 Å². The third-order valence-corrected chi connectivity index (χ3v) is 15.3. The number of aliphatic hydroxyl groups excluding tert-OH is 15. The van der Waals surface area contributed by atoms with Gasteiger partial charge < -0.3 is 140 Å². The van der Waals surface area contributed by atoms with Gasteiger partial charge in [-0.1, -0.05) is 26.6 Å². The minimum atomic E-state index is -3.17. The molecule has 5 fully saturated rings. The van der Waals surface area contributed by atoms with Crippen LogP contribution in [0.3, 0.4) is 0 Å². The topological polar surface area (TPSA) is 491 Å². The van der Waals surface area contributed by atoms with E-state index >= 15 is 0 Å². The molecule has 26 atom stereocenters. The molecule has 5 saturated heterocycles. The highest BCUT2D eigenvalue weighted by Crippen LogP contribution is 2.39. The van der Waals surface area contributed by atoms with E-state index in [4.69, 9.17) is 47.4 Å². The fourth-order valence-corrected chi connectivity index (χ4v) is 10.1.